The lowest BCUT2D eigenvalue weighted by Gasteiger charge is -2.03. The Morgan fingerprint density at radius 3 is 2.84 bits per heavy atom. The second-order valence-corrected chi connectivity index (χ2v) is 5.13. The van der Waals surface area contributed by atoms with Crippen LogP contribution >= 0.6 is 15.9 Å². The predicted molar refractivity (Wildman–Crippen MR) is 74.4 cm³/mol. The molecular weight excluding hydrogens is 310 g/mol. The van der Waals surface area contributed by atoms with Crippen LogP contribution in [-0.4, -0.2) is 15.6 Å². The highest BCUT2D eigenvalue weighted by atomic mass is 79.9. The summed E-state index contributed by atoms with van der Waals surface area (Å²) in [4.78, 5) is 10.8. The molecule has 3 aromatic rings. The molecule has 19 heavy (non-hydrogen) atoms. The van der Waals surface area contributed by atoms with Crippen molar-refractivity contribution in [3.63, 3.8) is 0 Å². The van der Waals surface area contributed by atoms with Gasteiger partial charge in [-0.3, -0.25) is 0 Å². The molecule has 0 fully saturated rings. The Kier molecular flexibility index (Phi) is 2.91. The van der Waals surface area contributed by atoms with E-state index in [1.165, 1.54) is 6.07 Å². The molecular formula is C14H10BrNO3. The summed E-state index contributed by atoms with van der Waals surface area (Å²) in [5.74, 6) is -0.459. The molecule has 2 heterocycles. The van der Waals surface area contributed by atoms with E-state index in [1.54, 1.807) is 6.07 Å². The Balaban J connectivity index is 1.94. The van der Waals surface area contributed by atoms with Crippen molar-refractivity contribution in [1.82, 2.24) is 4.57 Å². The maximum Gasteiger partial charge on any atom is 0.371 e. The molecule has 0 unspecified atom stereocenters. The molecule has 0 bridgehead atoms. The SMILES string of the molecule is O=C(O)c1ccc(Cn2ccc3cc(Br)ccc32)o1. The summed E-state index contributed by atoms with van der Waals surface area (Å²) in [5, 5.41) is 9.95. The number of carbonyl (C=O) groups is 1. The van der Waals surface area contributed by atoms with Crippen molar-refractivity contribution in [2.75, 3.05) is 0 Å². The first kappa shape index (κ1) is 12.0. The number of fused-ring (bicyclic) bond motifs is 1. The van der Waals surface area contributed by atoms with Gasteiger partial charge in [0.2, 0.25) is 5.76 Å². The first-order valence-electron chi connectivity index (χ1n) is 5.70. The van der Waals surface area contributed by atoms with E-state index in [2.05, 4.69) is 15.9 Å². The molecule has 0 aliphatic carbocycles. The number of carboxylic acids is 1. The first-order valence-corrected chi connectivity index (χ1v) is 6.49. The van der Waals surface area contributed by atoms with E-state index in [1.807, 2.05) is 35.0 Å². The summed E-state index contributed by atoms with van der Waals surface area (Å²) in [7, 11) is 0. The first-order chi connectivity index (χ1) is 9.13. The molecule has 0 saturated carbocycles. The van der Waals surface area contributed by atoms with Crippen molar-refractivity contribution in [3.8, 4) is 0 Å². The number of nitrogens with zero attached hydrogens (tertiary/aromatic N) is 1. The van der Waals surface area contributed by atoms with Crippen molar-refractivity contribution < 1.29 is 14.3 Å². The number of hydrogen-bond donors (Lipinski definition) is 1. The van der Waals surface area contributed by atoms with Crippen molar-refractivity contribution in [3.05, 3.63) is 58.6 Å². The van der Waals surface area contributed by atoms with Crippen LogP contribution < -0.4 is 0 Å². The predicted octanol–water partition coefficient (Wildman–Crippen LogP) is 3.74. The van der Waals surface area contributed by atoms with Gasteiger partial charge in [0.15, 0.2) is 0 Å². The van der Waals surface area contributed by atoms with Gasteiger partial charge in [-0.15, -0.1) is 0 Å². The fourth-order valence-corrected chi connectivity index (χ4v) is 2.43. The molecule has 0 spiro atoms. The second kappa shape index (κ2) is 4.59. The van der Waals surface area contributed by atoms with E-state index in [0.717, 1.165) is 15.4 Å². The summed E-state index contributed by atoms with van der Waals surface area (Å²) >= 11 is 3.43. The lowest BCUT2D eigenvalue weighted by molar-refractivity contribution is 0.0660. The monoisotopic (exact) mass is 319 g/mol. The number of aromatic nitrogens is 1. The molecule has 0 amide bonds. The van der Waals surface area contributed by atoms with Gasteiger partial charge in [-0.25, -0.2) is 4.79 Å². The number of benzene rings is 1. The van der Waals surface area contributed by atoms with E-state index in [9.17, 15) is 4.79 Å². The molecule has 0 saturated heterocycles. The fraction of sp³-hybridized carbons (Fsp3) is 0.0714. The van der Waals surface area contributed by atoms with Crippen LogP contribution in [0.5, 0.6) is 0 Å². The minimum absolute atomic E-state index is 0.0331. The molecule has 1 N–H and O–H groups in total. The Hall–Kier alpha value is -2.01. The molecule has 0 aliphatic heterocycles. The molecule has 1 aromatic carbocycles. The van der Waals surface area contributed by atoms with Crippen LogP contribution in [0.3, 0.4) is 0 Å². The highest BCUT2D eigenvalue weighted by Crippen LogP contribution is 2.22. The molecule has 4 nitrogen and oxygen atoms in total. The zero-order valence-electron chi connectivity index (χ0n) is 9.84. The lowest BCUT2D eigenvalue weighted by atomic mass is 10.2. The summed E-state index contributed by atoms with van der Waals surface area (Å²) in [5.41, 5.74) is 1.08. The quantitative estimate of drug-likeness (QED) is 0.800. The largest absolute Gasteiger partial charge is 0.475 e. The van der Waals surface area contributed by atoms with Crippen LogP contribution in [0.15, 0.2) is 51.5 Å². The maximum absolute atomic E-state index is 10.8. The van der Waals surface area contributed by atoms with Crippen LogP contribution in [0, 0.1) is 0 Å². The van der Waals surface area contributed by atoms with Crippen molar-refractivity contribution in [1.29, 1.82) is 0 Å². The van der Waals surface area contributed by atoms with E-state index in [-0.39, 0.29) is 5.76 Å². The average Bonchev–Trinajstić information content (AvgIpc) is 2.97. The lowest BCUT2D eigenvalue weighted by Crippen LogP contribution is -1.97. The van der Waals surface area contributed by atoms with Gasteiger partial charge in [-0.05, 0) is 36.4 Å². The summed E-state index contributed by atoms with van der Waals surface area (Å²) in [6, 6.07) is 11.2. The number of carboxylic acid groups (broad SMARTS) is 1. The molecule has 2 aromatic heterocycles. The third kappa shape index (κ3) is 2.29. The molecule has 5 heteroatoms. The fourth-order valence-electron chi connectivity index (χ4n) is 2.05. The minimum Gasteiger partial charge on any atom is -0.475 e. The van der Waals surface area contributed by atoms with Gasteiger partial charge in [0, 0.05) is 21.6 Å². The Morgan fingerprint density at radius 2 is 2.11 bits per heavy atom. The van der Waals surface area contributed by atoms with Gasteiger partial charge < -0.3 is 14.1 Å². The van der Waals surface area contributed by atoms with E-state index in [0.29, 0.717) is 12.3 Å². The van der Waals surface area contributed by atoms with E-state index < -0.39 is 5.97 Å². The topological polar surface area (TPSA) is 55.4 Å². The molecule has 0 radical (unpaired) electrons. The zero-order chi connectivity index (χ0) is 13.4. The second-order valence-electron chi connectivity index (χ2n) is 4.22. The third-order valence-electron chi connectivity index (χ3n) is 2.93. The van der Waals surface area contributed by atoms with Crippen molar-refractivity contribution in [2.24, 2.45) is 0 Å². The van der Waals surface area contributed by atoms with Gasteiger partial charge in [0.05, 0.1) is 6.54 Å². The average molecular weight is 320 g/mol. The van der Waals surface area contributed by atoms with Crippen LogP contribution in [-0.2, 0) is 6.54 Å². The Labute approximate surface area is 117 Å². The van der Waals surface area contributed by atoms with Crippen molar-refractivity contribution >= 4 is 32.8 Å². The van der Waals surface area contributed by atoms with Gasteiger partial charge in [-0.1, -0.05) is 15.9 Å². The minimum atomic E-state index is -1.05. The highest BCUT2D eigenvalue weighted by Gasteiger charge is 2.10. The normalized spacial score (nSPS) is 11.0. The number of rotatable bonds is 3. The smallest absolute Gasteiger partial charge is 0.371 e. The van der Waals surface area contributed by atoms with Crippen LogP contribution in [0.2, 0.25) is 0 Å². The molecule has 0 aliphatic rings. The van der Waals surface area contributed by atoms with E-state index in [4.69, 9.17) is 9.52 Å². The van der Waals surface area contributed by atoms with Crippen LogP contribution in [0.1, 0.15) is 16.3 Å². The van der Waals surface area contributed by atoms with Crippen molar-refractivity contribution in [2.45, 2.75) is 6.54 Å². The number of furan rings is 1. The maximum atomic E-state index is 10.8. The standard InChI is InChI=1S/C14H10BrNO3/c15-10-1-3-12-9(7-10)5-6-16(12)8-11-2-4-13(19-11)14(17)18/h1-7H,8H2,(H,17,18). The Bertz CT molecular complexity index is 757. The van der Waals surface area contributed by atoms with Gasteiger partial charge in [0.25, 0.3) is 0 Å². The molecule has 0 atom stereocenters. The summed E-state index contributed by atoms with van der Waals surface area (Å²) in [6.07, 6.45) is 1.96. The van der Waals surface area contributed by atoms with Gasteiger partial charge in [0.1, 0.15) is 5.76 Å². The Morgan fingerprint density at radius 1 is 1.26 bits per heavy atom. The van der Waals surface area contributed by atoms with E-state index >= 15 is 0 Å². The summed E-state index contributed by atoms with van der Waals surface area (Å²) in [6.45, 7) is 0.512. The highest BCUT2D eigenvalue weighted by molar-refractivity contribution is 9.10. The molecule has 96 valence electrons. The number of halogens is 1. The van der Waals surface area contributed by atoms with Crippen LogP contribution in [0.25, 0.3) is 10.9 Å². The van der Waals surface area contributed by atoms with Gasteiger partial charge in [-0.2, -0.15) is 0 Å². The summed E-state index contributed by atoms with van der Waals surface area (Å²) < 4.78 is 8.31. The molecule has 3 rings (SSSR count). The van der Waals surface area contributed by atoms with Gasteiger partial charge >= 0.3 is 5.97 Å². The number of aromatic carboxylic acids is 1. The van der Waals surface area contributed by atoms with Crippen LogP contribution in [0.4, 0.5) is 0 Å². The third-order valence-corrected chi connectivity index (χ3v) is 3.42. The zero-order valence-corrected chi connectivity index (χ0v) is 11.4. The number of hydrogen-bond acceptors (Lipinski definition) is 2.